The molecule has 0 spiro atoms. The lowest BCUT2D eigenvalue weighted by atomic mass is 10.1. The molecule has 0 bridgehead atoms. The van der Waals surface area contributed by atoms with E-state index in [-0.39, 0.29) is 5.56 Å². The van der Waals surface area contributed by atoms with Gasteiger partial charge in [0.05, 0.1) is 26.4 Å². The van der Waals surface area contributed by atoms with E-state index in [0.717, 1.165) is 66.3 Å². The number of benzene rings is 2. The number of hydrogen-bond acceptors (Lipinski definition) is 5. The van der Waals surface area contributed by atoms with E-state index in [0.29, 0.717) is 30.4 Å². The van der Waals surface area contributed by atoms with Crippen molar-refractivity contribution in [2.45, 2.75) is 27.3 Å². The lowest BCUT2D eigenvalue weighted by Crippen LogP contribution is -2.44. The maximum Gasteiger partial charge on any atom is 0.253 e. The zero-order chi connectivity index (χ0) is 24.8. The van der Waals surface area contributed by atoms with Crippen LogP contribution in [0.25, 0.3) is 10.9 Å². The van der Waals surface area contributed by atoms with Gasteiger partial charge in [-0.1, -0.05) is 12.1 Å². The summed E-state index contributed by atoms with van der Waals surface area (Å²) >= 11 is 5.86. The average molecular weight is 495 g/mol. The zero-order valence-electron chi connectivity index (χ0n) is 20.7. The Labute approximate surface area is 212 Å². The fourth-order valence-corrected chi connectivity index (χ4v) is 4.48. The highest BCUT2D eigenvalue weighted by Crippen LogP contribution is 2.21. The summed E-state index contributed by atoms with van der Waals surface area (Å²) in [6, 6.07) is 13.9. The summed E-state index contributed by atoms with van der Waals surface area (Å²) in [6.45, 7) is 11.9. The minimum atomic E-state index is -0.104. The summed E-state index contributed by atoms with van der Waals surface area (Å²) in [7, 11) is 0. The third kappa shape index (κ3) is 6.60. The van der Waals surface area contributed by atoms with Crippen molar-refractivity contribution in [3.8, 4) is 5.75 Å². The van der Waals surface area contributed by atoms with Crippen LogP contribution in [-0.2, 0) is 11.3 Å². The molecule has 8 heteroatoms. The second kappa shape index (κ2) is 11.7. The van der Waals surface area contributed by atoms with Crippen LogP contribution in [0.4, 0.5) is 5.69 Å². The first kappa shape index (κ1) is 25.2. The number of thiocarbonyl (C=S) groups is 1. The molecule has 1 fully saturated rings. The minimum absolute atomic E-state index is 0.104. The standard InChI is InChI=1S/C27H34N4O3S/c1-4-34-23-7-8-24-21(17-23)16-22(26(32)28-24)18-31(10-9-30-11-13-33-14-12-30)27(35)29-25-15-19(2)5-6-20(25)3/h5-8,15-17H,4,9-14,18H2,1-3H3,(H,28,32)(H,29,35). The third-order valence-corrected chi connectivity index (χ3v) is 6.64. The Morgan fingerprint density at radius 2 is 1.97 bits per heavy atom. The number of hydrogen-bond donors (Lipinski definition) is 2. The van der Waals surface area contributed by atoms with E-state index in [4.69, 9.17) is 21.7 Å². The number of aryl methyl sites for hydroxylation is 2. The smallest absolute Gasteiger partial charge is 0.253 e. The fourth-order valence-electron chi connectivity index (χ4n) is 4.21. The first-order chi connectivity index (χ1) is 16.9. The van der Waals surface area contributed by atoms with Crippen LogP contribution < -0.4 is 15.6 Å². The first-order valence-electron chi connectivity index (χ1n) is 12.1. The number of rotatable bonds is 8. The molecule has 7 nitrogen and oxygen atoms in total. The molecular weight excluding hydrogens is 460 g/mol. The molecule has 1 saturated heterocycles. The van der Waals surface area contributed by atoms with Crippen molar-refractivity contribution in [2.75, 3.05) is 51.3 Å². The van der Waals surface area contributed by atoms with E-state index in [9.17, 15) is 4.79 Å². The topological polar surface area (TPSA) is 69.8 Å². The van der Waals surface area contributed by atoms with Crippen molar-refractivity contribution < 1.29 is 9.47 Å². The van der Waals surface area contributed by atoms with E-state index in [1.54, 1.807) is 0 Å². The van der Waals surface area contributed by atoms with E-state index in [1.807, 2.05) is 31.2 Å². The lowest BCUT2D eigenvalue weighted by Gasteiger charge is -2.31. The van der Waals surface area contributed by atoms with Gasteiger partial charge in [0.2, 0.25) is 0 Å². The summed E-state index contributed by atoms with van der Waals surface area (Å²) in [4.78, 5) is 20.4. The van der Waals surface area contributed by atoms with Gasteiger partial charge in [0.25, 0.3) is 5.56 Å². The van der Waals surface area contributed by atoms with Crippen LogP contribution in [0.1, 0.15) is 23.6 Å². The summed E-state index contributed by atoms with van der Waals surface area (Å²) in [5.41, 5.74) is 4.62. The van der Waals surface area contributed by atoms with E-state index >= 15 is 0 Å². The number of nitrogens with zero attached hydrogens (tertiary/aromatic N) is 2. The Bertz CT molecular complexity index is 1240. The highest BCUT2D eigenvalue weighted by atomic mass is 32.1. The van der Waals surface area contributed by atoms with Crippen molar-refractivity contribution in [1.82, 2.24) is 14.8 Å². The molecule has 0 atom stereocenters. The molecule has 4 rings (SSSR count). The number of H-pyrrole nitrogens is 1. The number of ether oxygens (including phenoxy) is 2. The molecule has 2 heterocycles. The number of anilines is 1. The van der Waals surface area contributed by atoms with Gasteiger partial charge in [-0.3, -0.25) is 9.69 Å². The van der Waals surface area contributed by atoms with Gasteiger partial charge in [-0.25, -0.2) is 0 Å². The van der Waals surface area contributed by atoms with Crippen LogP contribution >= 0.6 is 12.2 Å². The van der Waals surface area contributed by atoms with E-state index in [2.05, 4.69) is 52.1 Å². The molecule has 0 unspecified atom stereocenters. The monoisotopic (exact) mass is 494 g/mol. The van der Waals surface area contributed by atoms with Crippen LogP contribution in [0.5, 0.6) is 5.75 Å². The molecule has 1 aliphatic heterocycles. The largest absolute Gasteiger partial charge is 0.494 e. The van der Waals surface area contributed by atoms with Crippen molar-refractivity contribution in [1.29, 1.82) is 0 Å². The van der Waals surface area contributed by atoms with Gasteiger partial charge in [0.1, 0.15) is 5.75 Å². The summed E-state index contributed by atoms with van der Waals surface area (Å²) in [5.74, 6) is 0.786. The molecule has 0 amide bonds. The number of aromatic amines is 1. The average Bonchev–Trinajstić information content (AvgIpc) is 2.85. The number of nitrogens with one attached hydrogen (secondary N) is 2. The molecule has 2 N–H and O–H groups in total. The molecule has 0 radical (unpaired) electrons. The Morgan fingerprint density at radius 1 is 1.17 bits per heavy atom. The Morgan fingerprint density at radius 3 is 2.74 bits per heavy atom. The Hall–Kier alpha value is -2.94. The molecule has 35 heavy (non-hydrogen) atoms. The van der Waals surface area contributed by atoms with Crippen LogP contribution in [-0.4, -0.2) is 65.9 Å². The maximum atomic E-state index is 13.0. The van der Waals surface area contributed by atoms with Crippen molar-refractivity contribution in [2.24, 2.45) is 0 Å². The van der Waals surface area contributed by atoms with Crippen LogP contribution in [0.2, 0.25) is 0 Å². The molecule has 0 saturated carbocycles. The highest BCUT2D eigenvalue weighted by molar-refractivity contribution is 7.80. The maximum absolute atomic E-state index is 13.0. The second-order valence-electron chi connectivity index (χ2n) is 8.93. The summed E-state index contributed by atoms with van der Waals surface area (Å²) < 4.78 is 11.1. The van der Waals surface area contributed by atoms with Gasteiger partial charge < -0.3 is 24.7 Å². The highest BCUT2D eigenvalue weighted by Gasteiger charge is 2.17. The fraction of sp³-hybridized carbons (Fsp3) is 0.407. The normalized spacial score (nSPS) is 14.1. The predicted octanol–water partition coefficient (Wildman–Crippen LogP) is 4.07. The van der Waals surface area contributed by atoms with Crippen molar-refractivity contribution in [3.63, 3.8) is 0 Å². The van der Waals surface area contributed by atoms with Crippen LogP contribution in [0, 0.1) is 13.8 Å². The Kier molecular flexibility index (Phi) is 8.38. The number of aromatic nitrogens is 1. The molecule has 1 aliphatic rings. The number of fused-ring (bicyclic) bond motifs is 1. The number of morpholine rings is 1. The van der Waals surface area contributed by atoms with Gasteiger partial charge in [0, 0.05) is 48.3 Å². The molecule has 1 aromatic heterocycles. The van der Waals surface area contributed by atoms with Gasteiger partial charge in [-0.15, -0.1) is 0 Å². The summed E-state index contributed by atoms with van der Waals surface area (Å²) in [6.07, 6.45) is 0. The predicted molar refractivity (Wildman–Crippen MR) is 146 cm³/mol. The van der Waals surface area contributed by atoms with Gasteiger partial charge in [0.15, 0.2) is 5.11 Å². The van der Waals surface area contributed by atoms with Gasteiger partial charge in [-0.05, 0) is 74.4 Å². The quantitative estimate of drug-likeness (QED) is 0.458. The van der Waals surface area contributed by atoms with E-state index < -0.39 is 0 Å². The van der Waals surface area contributed by atoms with Gasteiger partial charge >= 0.3 is 0 Å². The SMILES string of the molecule is CCOc1ccc2[nH]c(=O)c(CN(CCN3CCOCC3)C(=S)Nc3cc(C)ccc3C)cc2c1. The lowest BCUT2D eigenvalue weighted by molar-refractivity contribution is 0.0358. The molecule has 3 aromatic rings. The van der Waals surface area contributed by atoms with Crippen LogP contribution in [0.3, 0.4) is 0 Å². The van der Waals surface area contributed by atoms with Crippen molar-refractivity contribution in [3.05, 3.63) is 69.5 Å². The van der Waals surface area contributed by atoms with Crippen molar-refractivity contribution >= 4 is 33.9 Å². The Balaban J connectivity index is 1.58. The first-order valence-corrected chi connectivity index (χ1v) is 12.6. The number of pyridine rings is 1. The molecule has 0 aliphatic carbocycles. The summed E-state index contributed by atoms with van der Waals surface area (Å²) in [5, 5.41) is 4.97. The molecular formula is C27H34N4O3S. The zero-order valence-corrected chi connectivity index (χ0v) is 21.5. The molecule has 186 valence electrons. The minimum Gasteiger partial charge on any atom is -0.494 e. The third-order valence-electron chi connectivity index (χ3n) is 6.28. The molecule has 2 aromatic carbocycles. The van der Waals surface area contributed by atoms with E-state index in [1.165, 1.54) is 0 Å². The second-order valence-corrected chi connectivity index (χ2v) is 9.32. The van der Waals surface area contributed by atoms with Crippen LogP contribution in [0.15, 0.2) is 47.3 Å². The van der Waals surface area contributed by atoms with Gasteiger partial charge in [-0.2, -0.15) is 0 Å².